The van der Waals surface area contributed by atoms with Crippen LogP contribution in [0.5, 0.6) is 5.75 Å². The Labute approximate surface area is 119 Å². The molecule has 0 aliphatic rings. The average Bonchev–Trinajstić information content (AvgIpc) is 2.69. The molecule has 1 heterocycles. The highest BCUT2D eigenvalue weighted by Gasteiger charge is 2.16. The third-order valence-electron chi connectivity index (χ3n) is 2.71. The highest BCUT2D eigenvalue weighted by Crippen LogP contribution is 2.26. The van der Waals surface area contributed by atoms with E-state index in [9.17, 15) is 4.79 Å². The molecule has 0 spiro atoms. The van der Waals surface area contributed by atoms with Crippen LogP contribution in [-0.2, 0) is 7.05 Å². The number of amides is 1. The summed E-state index contributed by atoms with van der Waals surface area (Å²) in [5, 5.41) is 6.85. The largest absolute Gasteiger partial charge is 0.495 e. The fourth-order valence-corrected chi connectivity index (χ4v) is 2.30. The average molecular weight is 324 g/mol. The maximum atomic E-state index is 12.2. The van der Waals surface area contributed by atoms with Crippen LogP contribution in [-0.4, -0.2) is 22.8 Å². The van der Waals surface area contributed by atoms with Crippen molar-refractivity contribution in [1.29, 1.82) is 0 Å². The Balaban J connectivity index is 2.31. The molecule has 0 radical (unpaired) electrons. The lowest BCUT2D eigenvalue weighted by Gasteiger charge is -2.11. The second kappa shape index (κ2) is 5.44. The highest BCUT2D eigenvalue weighted by molar-refractivity contribution is 9.10. The number of benzene rings is 1. The Morgan fingerprint density at radius 1 is 1.47 bits per heavy atom. The summed E-state index contributed by atoms with van der Waals surface area (Å²) in [5.41, 5.74) is 2.14. The molecule has 0 atom stereocenters. The van der Waals surface area contributed by atoms with Crippen LogP contribution in [0.1, 0.15) is 16.1 Å². The maximum absolute atomic E-state index is 12.2. The minimum Gasteiger partial charge on any atom is -0.495 e. The van der Waals surface area contributed by atoms with Crippen molar-refractivity contribution >= 4 is 27.5 Å². The molecule has 1 aromatic carbocycles. The molecule has 100 valence electrons. The summed E-state index contributed by atoms with van der Waals surface area (Å²) in [6.07, 6.45) is 1.59. The van der Waals surface area contributed by atoms with Crippen LogP contribution in [0.15, 0.2) is 28.9 Å². The lowest BCUT2D eigenvalue weighted by molar-refractivity contribution is 0.101. The van der Waals surface area contributed by atoms with E-state index in [1.54, 1.807) is 20.4 Å². The van der Waals surface area contributed by atoms with Gasteiger partial charge in [0.25, 0.3) is 5.91 Å². The van der Waals surface area contributed by atoms with Gasteiger partial charge < -0.3 is 10.1 Å². The Kier molecular flexibility index (Phi) is 3.90. The number of ether oxygens (including phenoxy) is 1. The molecule has 6 heteroatoms. The number of hydrogen-bond acceptors (Lipinski definition) is 3. The highest BCUT2D eigenvalue weighted by atomic mass is 79.9. The number of anilines is 1. The van der Waals surface area contributed by atoms with Gasteiger partial charge in [0.1, 0.15) is 11.4 Å². The van der Waals surface area contributed by atoms with Crippen LogP contribution < -0.4 is 10.1 Å². The molecule has 0 aliphatic carbocycles. The van der Waals surface area contributed by atoms with Gasteiger partial charge in [-0.15, -0.1) is 0 Å². The number of nitrogens with one attached hydrogen (secondary N) is 1. The Morgan fingerprint density at radius 2 is 2.21 bits per heavy atom. The molecule has 0 saturated heterocycles. The normalized spacial score (nSPS) is 10.3. The third kappa shape index (κ3) is 2.78. The molecule has 1 N–H and O–H groups in total. The number of hydrogen-bond donors (Lipinski definition) is 1. The van der Waals surface area contributed by atoms with Gasteiger partial charge in [-0.2, -0.15) is 5.10 Å². The summed E-state index contributed by atoms with van der Waals surface area (Å²) in [6, 6.07) is 5.61. The van der Waals surface area contributed by atoms with Crippen molar-refractivity contribution in [3.63, 3.8) is 0 Å². The van der Waals surface area contributed by atoms with Gasteiger partial charge in [0.05, 0.1) is 23.5 Å². The molecule has 0 saturated carbocycles. The van der Waals surface area contributed by atoms with Crippen LogP contribution in [0.3, 0.4) is 0 Å². The Bertz CT molecular complexity index is 603. The van der Waals surface area contributed by atoms with E-state index in [0.29, 0.717) is 21.6 Å². The first-order valence-electron chi connectivity index (χ1n) is 5.66. The van der Waals surface area contributed by atoms with Gasteiger partial charge in [0.2, 0.25) is 0 Å². The van der Waals surface area contributed by atoms with Crippen LogP contribution in [0.2, 0.25) is 0 Å². The van der Waals surface area contributed by atoms with Gasteiger partial charge in [-0.25, -0.2) is 0 Å². The van der Waals surface area contributed by atoms with Crippen molar-refractivity contribution in [2.45, 2.75) is 6.92 Å². The molecule has 2 aromatic rings. The van der Waals surface area contributed by atoms with Crippen molar-refractivity contribution in [2.75, 3.05) is 12.4 Å². The number of halogens is 1. The van der Waals surface area contributed by atoms with Crippen LogP contribution in [0.25, 0.3) is 0 Å². The minimum absolute atomic E-state index is 0.240. The standard InChI is InChI=1S/C13H14BrN3O2/c1-8-4-5-11(19-3)10(6-8)16-13(18)12-9(14)7-15-17(12)2/h4-7H,1-3H3,(H,16,18). The molecule has 0 fully saturated rings. The van der Waals surface area contributed by atoms with Crippen LogP contribution in [0.4, 0.5) is 5.69 Å². The van der Waals surface area contributed by atoms with Crippen molar-refractivity contribution in [3.8, 4) is 5.75 Å². The molecule has 0 unspecified atom stereocenters. The number of carbonyl (C=O) groups excluding carboxylic acids is 1. The second-order valence-corrected chi connectivity index (χ2v) is 4.98. The molecule has 1 amide bonds. The van der Waals surface area contributed by atoms with Gasteiger partial charge in [0.15, 0.2) is 0 Å². The fraction of sp³-hybridized carbons (Fsp3) is 0.231. The van der Waals surface area contributed by atoms with E-state index in [0.717, 1.165) is 5.56 Å². The SMILES string of the molecule is COc1ccc(C)cc1NC(=O)c1c(Br)cnn1C. The van der Waals surface area contributed by atoms with Gasteiger partial charge in [-0.05, 0) is 40.5 Å². The van der Waals surface area contributed by atoms with Crippen molar-refractivity contribution in [2.24, 2.45) is 7.05 Å². The number of methoxy groups -OCH3 is 1. The number of aromatic nitrogens is 2. The van der Waals surface area contributed by atoms with E-state index >= 15 is 0 Å². The number of carbonyl (C=O) groups is 1. The zero-order chi connectivity index (χ0) is 14.0. The van der Waals surface area contributed by atoms with Crippen molar-refractivity contribution < 1.29 is 9.53 Å². The molecule has 19 heavy (non-hydrogen) atoms. The lowest BCUT2D eigenvalue weighted by atomic mass is 10.2. The third-order valence-corrected chi connectivity index (χ3v) is 3.29. The molecule has 1 aromatic heterocycles. The van der Waals surface area contributed by atoms with E-state index in [2.05, 4.69) is 26.3 Å². The maximum Gasteiger partial charge on any atom is 0.275 e. The second-order valence-electron chi connectivity index (χ2n) is 4.12. The Hall–Kier alpha value is -1.82. The summed E-state index contributed by atoms with van der Waals surface area (Å²) in [4.78, 5) is 12.2. The lowest BCUT2D eigenvalue weighted by Crippen LogP contribution is -2.17. The Morgan fingerprint density at radius 3 is 2.79 bits per heavy atom. The summed E-state index contributed by atoms with van der Waals surface area (Å²) in [5.74, 6) is 0.382. The van der Waals surface area contributed by atoms with Crippen molar-refractivity contribution in [3.05, 3.63) is 40.1 Å². The predicted octanol–water partition coefficient (Wildman–Crippen LogP) is 2.75. The van der Waals surface area contributed by atoms with E-state index in [4.69, 9.17) is 4.74 Å². The van der Waals surface area contributed by atoms with Crippen LogP contribution >= 0.6 is 15.9 Å². The summed E-state index contributed by atoms with van der Waals surface area (Å²) < 4.78 is 7.40. The molecule has 5 nitrogen and oxygen atoms in total. The number of nitrogens with zero attached hydrogens (tertiary/aromatic N) is 2. The summed E-state index contributed by atoms with van der Waals surface area (Å²) in [7, 11) is 3.29. The molecule has 0 bridgehead atoms. The smallest absolute Gasteiger partial charge is 0.275 e. The van der Waals surface area contributed by atoms with Crippen molar-refractivity contribution in [1.82, 2.24) is 9.78 Å². The quantitative estimate of drug-likeness (QED) is 0.944. The predicted molar refractivity (Wildman–Crippen MR) is 76.6 cm³/mol. The van der Waals surface area contributed by atoms with E-state index in [1.807, 2.05) is 25.1 Å². The monoisotopic (exact) mass is 323 g/mol. The first-order valence-corrected chi connectivity index (χ1v) is 6.45. The topological polar surface area (TPSA) is 56.1 Å². The minimum atomic E-state index is -0.240. The van der Waals surface area contributed by atoms with Crippen LogP contribution in [0, 0.1) is 6.92 Å². The van der Waals surface area contributed by atoms with E-state index in [1.165, 1.54) is 4.68 Å². The summed E-state index contributed by atoms with van der Waals surface area (Å²) in [6.45, 7) is 1.95. The zero-order valence-corrected chi connectivity index (χ0v) is 12.5. The molecule has 2 rings (SSSR count). The molecular weight excluding hydrogens is 310 g/mol. The van der Waals surface area contributed by atoms with E-state index < -0.39 is 0 Å². The van der Waals surface area contributed by atoms with Gasteiger partial charge in [0, 0.05) is 7.05 Å². The number of rotatable bonds is 3. The molecular formula is C13H14BrN3O2. The van der Waals surface area contributed by atoms with Gasteiger partial charge in [-0.1, -0.05) is 6.07 Å². The fourth-order valence-electron chi connectivity index (χ4n) is 1.77. The van der Waals surface area contributed by atoms with Gasteiger partial charge in [-0.3, -0.25) is 9.48 Å². The van der Waals surface area contributed by atoms with Gasteiger partial charge >= 0.3 is 0 Å². The molecule has 0 aliphatic heterocycles. The number of aryl methyl sites for hydroxylation is 2. The van der Waals surface area contributed by atoms with E-state index in [-0.39, 0.29) is 5.91 Å². The first-order chi connectivity index (χ1) is 9.02. The summed E-state index contributed by atoms with van der Waals surface area (Å²) >= 11 is 3.31. The zero-order valence-electron chi connectivity index (χ0n) is 10.9. The first kappa shape index (κ1) is 13.6.